The standard InChI is InChI=1S/C18H28N4O3/c1-19-18(20-12-13-25-17-6-4-2-3-5-7-17)21-14-15-8-10-16(11-9-15)22(23)24/h8-11,17H,2-7,12-14H2,1H3,(H2,19,20,21). The molecule has 0 heterocycles. The van der Waals surface area contributed by atoms with Crippen molar-refractivity contribution in [1.29, 1.82) is 0 Å². The molecular formula is C18H28N4O3. The summed E-state index contributed by atoms with van der Waals surface area (Å²) in [5.74, 6) is 0.697. The van der Waals surface area contributed by atoms with Gasteiger partial charge in [0.15, 0.2) is 5.96 Å². The molecule has 1 aliphatic carbocycles. The highest BCUT2D eigenvalue weighted by molar-refractivity contribution is 5.79. The van der Waals surface area contributed by atoms with E-state index in [1.165, 1.54) is 50.7 Å². The van der Waals surface area contributed by atoms with Crippen LogP contribution in [-0.4, -0.2) is 37.2 Å². The highest BCUT2D eigenvalue weighted by Crippen LogP contribution is 2.19. The SMILES string of the molecule is CN=C(NCCOC1CCCCCC1)NCc1ccc([N+](=O)[O-])cc1. The van der Waals surface area contributed by atoms with Crippen molar-refractivity contribution in [3.63, 3.8) is 0 Å². The van der Waals surface area contributed by atoms with Gasteiger partial charge in [0.1, 0.15) is 0 Å². The second-order valence-electron chi connectivity index (χ2n) is 6.26. The molecule has 7 heteroatoms. The van der Waals surface area contributed by atoms with Gasteiger partial charge in [-0.15, -0.1) is 0 Å². The zero-order valence-corrected chi connectivity index (χ0v) is 14.9. The van der Waals surface area contributed by atoms with Crippen LogP contribution in [0.5, 0.6) is 0 Å². The molecule has 0 saturated heterocycles. The first-order chi connectivity index (χ1) is 12.2. The molecule has 1 fully saturated rings. The molecule has 0 unspecified atom stereocenters. The molecule has 2 N–H and O–H groups in total. The van der Waals surface area contributed by atoms with E-state index in [1.54, 1.807) is 19.2 Å². The zero-order valence-electron chi connectivity index (χ0n) is 14.9. The first-order valence-corrected chi connectivity index (χ1v) is 8.98. The summed E-state index contributed by atoms with van der Waals surface area (Å²) in [5.41, 5.74) is 1.06. The van der Waals surface area contributed by atoms with Crippen LogP contribution in [0.25, 0.3) is 0 Å². The van der Waals surface area contributed by atoms with Crippen molar-refractivity contribution in [2.75, 3.05) is 20.2 Å². The minimum atomic E-state index is -0.397. The zero-order chi connectivity index (χ0) is 17.9. The molecule has 1 aliphatic rings. The van der Waals surface area contributed by atoms with Crippen molar-refractivity contribution in [3.8, 4) is 0 Å². The monoisotopic (exact) mass is 348 g/mol. The molecular weight excluding hydrogens is 320 g/mol. The number of aliphatic imine (C=N–C) groups is 1. The lowest BCUT2D eigenvalue weighted by Gasteiger charge is -2.16. The smallest absolute Gasteiger partial charge is 0.269 e. The van der Waals surface area contributed by atoms with Crippen molar-refractivity contribution in [2.45, 2.75) is 51.2 Å². The Morgan fingerprint density at radius 1 is 1.20 bits per heavy atom. The number of non-ortho nitro benzene ring substituents is 1. The van der Waals surface area contributed by atoms with Gasteiger partial charge in [-0.2, -0.15) is 0 Å². The van der Waals surface area contributed by atoms with Crippen molar-refractivity contribution in [1.82, 2.24) is 10.6 Å². The maximum absolute atomic E-state index is 10.7. The predicted octanol–water partition coefficient (Wildman–Crippen LogP) is 3.00. The van der Waals surface area contributed by atoms with Crippen LogP contribution < -0.4 is 10.6 Å². The number of nitrogens with one attached hydrogen (secondary N) is 2. The van der Waals surface area contributed by atoms with Gasteiger partial charge in [-0.1, -0.05) is 37.8 Å². The van der Waals surface area contributed by atoms with Crippen LogP contribution in [0.3, 0.4) is 0 Å². The van der Waals surface area contributed by atoms with Gasteiger partial charge in [0.2, 0.25) is 0 Å². The number of guanidine groups is 1. The lowest BCUT2D eigenvalue weighted by atomic mass is 10.1. The summed E-state index contributed by atoms with van der Waals surface area (Å²) in [5, 5.41) is 17.1. The number of benzene rings is 1. The van der Waals surface area contributed by atoms with E-state index in [1.807, 2.05) is 0 Å². The Hall–Kier alpha value is -2.15. The number of hydrogen-bond acceptors (Lipinski definition) is 4. The maximum atomic E-state index is 10.7. The number of nitrogens with zero attached hydrogens (tertiary/aromatic N) is 2. The lowest BCUT2D eigenvalue weighted by Crippen LogP contribution is -2.38. The Bertz CT molecular complexity index is 552. The molecule has 138 valence electrons. The van der Waals surface area contributed by atoms with Crippen LogP contribution in [0, 0.1) is 10.1 Å². The summed E-state index contributed by atoms with van der Waals surface area (Å²) in [7, 11) is 1.72. The van der Waals surface area contributed by atoms with E-state index in [9.17, 15) is 10.1 Å². The molecule has 0 spiro atoms. The quantitative estimate of drug-likeness (QED) is 0.197. The Morgan fingerprint density at radius 3 is 2.48 bits per heavy atom. The van der Waals surface area contributed by atoms with E-state index < -0.39 is 4.92 Å². The Morgan fingerprint density at radius 2 is 1.88 bits per heavy atom. The van der Waals surface area contributed by atoms with Crippen LogP contribution in [0.1, 0.15) is 44.1 Å². The third kappa shape index (κ3) is 7.09. The maximum Gasteiger partial charge on any atom is 0.269 e. The number of ether oxygens (including phenoxy) is 1. The molecule has 0 radical (unpaired) electrons. The van der Waals surface area contributed by atoms with E-state index in [2.05, 4.69) is 15.6 Å². The van der Waals surface area contributed by atoms with Crippen LogP contribution in [0.2, 0.25) is 0 Å². The Kier molecular flexibility index (Phi) is 8.18. The van der Waals surface area contributed by atoms with E-state index >= 15 is 0 Å². The van der Waals surface area contributed by atoms with Gasteiger partial charge in [-0.05, 0) is 18.4 Å². The Balaban J connectivity index is 1.65. The molecule has 7 nitrogen and oxygen atoms in total. The van der Waals surface area contributed by atoms with Crippen molar-refractivity contribution in [2.24, 2.45) is 4.99 Å². The average molecular weight is 348 g/mol. The van der Waals surface area contributed by atoms with Gasteiger partial charge in [-0.25, -0.2) is 0 Å². The second kappa shape index (κ2) is 10.7. The molecule has 0 aliphatic heterocycles. The van der Waals surface area contributed by atoms with E-state index in [0.717, 1.165) is 5.56 Å². The fourth-order valence-corrected chi connectivity index (χ4v) is 2.95. The van der Waals surface area contributed by atoms with Crippen LogP contribution in [0.15, 0.2) is 29.3 Å². The predicted molar refractivity (Wildman–Crippen MR) is 98.7 cm³/mol. The summed E-state index contributed by atoms with van der Waals surface area (Å²) in [6.07, 6.45) is 7.96. The number of nitro benzene ring substituents is 1. The molecule has 0 amide bonds. The minimum absolute atomic E-state index is 0.0990. The molecule has 1 saturated carbocycles. The highest BCUT2D eigenvalue weighted by Gasteiger charge is 2.12. The van der Waals surface area contributed by atoms with Crippen LogP contribution >= 0.6 is 0 Å². The van der Waals surface area contributed by atoms with Crippen molar-refractivity contribution in [3.05, 3.63) is 39.9 Å². The molecule has 25 heavy (non-hydrogen) atoms. The van der Waals surface area contributed by atoms with E-state index in [4.69, 9.17) is 4.74 Å². The molecule has 0 atom stereocenters. The van der Waals surface area contributed by atoms with Crippen molar-refractivity contribution < 1.29 is 9.66 Å². The first kappa shape index (κ1) is 19.2. The number of hydrogen-bond donors (Lipinski definition) is 2. The Labute approximate surface area is 149 Å². The first-order valence-electron chi connectivity index (χ1n) is 8.98. The number of nitro groups is 1. The van der Waals surface area contributed by atoms with Gasteiger partial charge >= 0.3 is 0 Å². The molecule has 1 aromatic carbocycles. The molecule has 0 bridgehead atoms. The molecule has 0 aromatic heterocycles. The number of rotatable bonds is 7. The summed E-state index contributed by atoms with van der Waals surface area (Å²) in [6.45, 7) is 1.93. The van der Waals surface area contributed by atoms with E-state index in [-0.39, 0.29) is 5.69 Å². The lowest BCUT2D eigenvalue weighted by molar-refractivity contribution is -0.384. The van der Waals surface area contributed by atoms with Crippen molar-refractivity contribution >= 4 is 11.6 Å². The normalized spacial score (nSPS) is 16.3. The van der Waals surface area contributed by atoms with E-state index in [0.29, 0.717) is 31.8 Å². The van der Waals surface area contributed by atoms with Gasteiger partial charge in [0.25, 0.3) is 5.69 Å². The summed E-state index contributed by atoms with van der Waals surface area (Å²) < 4.78 is 5.95. The highest BCUT2D eigenvalue weighted by atomic mass is 16.6. The third-order valence-electron chi connectivity index (χ3n) is 4.38. The molecule has 1 aromatic rings. The summed E-state index contributed by atoms with van der Waals surface area (Å²) in [6, 6.07) is 6.50. The fraction of sp³-hybridized carbons (Fsp3) is 0.611. The minimum Gasteiger partial charge on any atom is -0.376 e. The van der Waals surface area contributed by atoms with Gasteiger partial charge in [-0.3, -0.25) is 15.1 Å². The van der Waals surface area contributed by atoms with Gasteiger partial charge in [0.05, 0.1) is 17.6 Å². The third-order valence-corrected chi connectivity index (χ3v) is 4.38. The van der Waals surface area contributed by atoms with Gasteiger partial charge < -0.3 is 15.4 Å². The average Bonchev–Trinajstić information content (AvgIpc) is 2.90. The largest absolute Gasteiger partial charge is 0.376 e. The topological polar surface area (TPSA) is 88.8 Å². The summed E-state index contributed by atoms with van der Waals surface area (Å²) >= 11 is 0. The molecule has 2 rings (SSSR count). The van der Waals surface area contributed by atoms with Crippen LogP contribution in [0.4, 0.5) is 5.69 Å². The van der Waals surface area contributed by atoms with Crippen LogP contribution in [-0.2, 0) is 11.3 Å². The van der Waals surface area contributed by atoms with Gasteiger partial charge in [0, 0.05) is 32.3 Å². The fourth-order valence-electron chi connectivity index (χ4n) is 2.95. The second-order valence-corrected chi connectivity index (χ2v) is 6.26. The summed E-state index contributed by atoms with van der Waals surface area (Å²) in [4.78, 5) is 14.4.